The van der Waals surface area contributed by atoms with Crippen LogP contribution in [0.1, 0.15) is 47.4 Å². The number of β-amino-alcohol motifs (C(OH)–C–C–N with tert-alkyl or cyclic N) is 1. The summed E-state index contributed by atoms with van der Waals surface area (Å²) in [6.07, 6.45) is 3.96. The molecule has 2 aliphatic heterocycles. The molecule has 8 heteroatoms. The van der Waals surface area contributed by atoms with Crippen LogP contribution in [0, 0.1) is 12.7 Å². The van der Waals surface area contributed by atoms with Crippen molar-refractivity contribution in [2.45, 2.75) is 44.8 Å². The van der Waals surface area contributed by atoms with E-state index in [2.05, 4.69) is 14.9 Å². The predicted molar refractivity (Wildman–Crippen MR) is 121 cm³/mol. The van der Waals surface area contributed by atoms with Gasteiger partial charge in [-0.15, -0.1) is 0 Å². The minimum Gasteiger partial charge on any atom is -0.387 e. The molecule has 172 valence electrons. The summed E-state index contributed by atoms with van der Waals surface area (Å²) < 4.78 is 13.1. The zero-order valence-corrected chi connectivity index (χ0v) is 18.9. The summed E-state index contributed by atoms with van der Waals surface area (Å²) >= 11 is 0. The maximum atomic E-state index is 13.2. The number of anilines is 1. The van der Waals surface area contributed by atoms with E-state index in [1.165, 1.54) is 18.6 Å². The van der Waals surface area contributed by atoms with Gasteiger partial charge in [-0.1, -0.05) is 12.1 Å². The lowest BCUT2D eigenvalue weighted by Gasteiger charge is -2.29. The van der Waals surface area contributed by atoms with Gasteiger partial charge in [-0.25, -0.2) is 14.4 Å². The van der Waals surface area contributed by atoms with Crippen LogP contribution < -0.4 is 4.90 Å². The van der Waals surface area contributed by atoms with E-state index < -0.39 is 5.60 Å². The second-order valence-corrected chi connectivity index (χ2v) is 9.24. The predicted octanol–water partition coefficient (Wildman–Crippen LogP) is 2.62. The molecule has 1 unspecified atom stereocenters. The average molecular weight is 442 g/mol. The summed E-state index contributed by atoms with van der Waals surface area (Å²) in [7, 11) is 1.92. The number of aryl methyl sites for hydroxylation is 1. The van der Waals surface area contributed by atoms with Gasteiger partial charge in [-0.05, 0) is 63.4 Å². The summed E-state index contributed by atoms with van der Waals surface area (Å²) in [6.45, 7) is 5.50. The number of carbonyl (C=O) groups excluding carboxylic acids is 1. The fraction of sp³-hybridized carbons (Fsp3) is 0.542. The third-order valence-corrected chi connectivity index (χ3v) is 6.25. The molecular weight excluding hydrogens is 409 g/mol. The number of aromatic nitrogens is 2. The lowest BCUT2D eigenvalue weighted by atomic mass is 10.0. The number of likely N-dealkylation sites (tertiary alicyclic amines) is 1. The Hall–Kier alpha value is -2.58. The Morgan fingerprint density at radius 1 is 1.16 bits per heavy atom. The van der Waals surface area contributed by atoms with E-state index in [1.807, 2.05) is 18.9 Å². The molecule has 7 nitrogen and oxygen atoms in total. The maximum Gasteiger partial charge on any atom is 0.272 e. The SMILES string of the molecule is Cc1cc(C(=O)N2CCC(O)(CN(C)Cc3ccc(F)cc3)C2)nc(N2CCCCC2)n1. The lowest BCUT2D eigenvalue weighted by molar-refractivity contribution is 0.0163. The van der Waals surface area contributed by atoms with Gasteiger partial charge in [0, 0.05) is 38.4 Å². The molecule has 1 N–H and O–H groups in total. The number of rotatable bonds is 6. The number of hydrogen-bond acceptors (Lipinski definition) is 6. The number of hydrogen-bond donors (Lipinski definition) is 1. The van der Waals surface area contributed by atoms with E-state index in [4.69, 9.17) is 0 Å². The number of piperidine rings is 1. The number of likely N-dealkylation sites (N-methyl/N-ethyl adjacent to an activating group) is 1. The van der Waals surface area contributed by atoms with Gasteiger partial charge in [-0.2, -0.15) is 0 Å². The second kappa shape index (κ2) is 9.50. The monoisotopic (exact) mass is 441 g/mol. The van der Waals surface area contributed by atoms with Crippen molar-refractivity contribution in [2.24, 2.45) is 0 Å². The van der Waals surface area contributed by atoms with Crippen LogP contribution in [0.3, 0.4) is 0 Å². The Morgan fingerprint density at radius 2 is 1.88 bits per heavy atom. The van der Waals surface area contributed by atoms with Crippen molar-refractivity contribution < 1.29 is 14.3 Å². The molecular formula is C24H32FN5O2. The van der Waals surface area contributed by atoms with E-state index >= 15 is 0 Å². The van der Waals surface area contributed by atoms with Gasteiger partial charge in [-0.3, -0.25) is 9.69 Å². The van der Waals surface area contributed by atoms with E-state index in [0.29, 0.717) is 37.7 Å². The Kier molecular flexibility index (Phi) is 6.71. The molecule has 1 amide bonds. The van der Waals surface area contributed by atoms with Crippen molar-refractivity contribution in [3.05, 3.63) is 53.1 Å². The van der Waals surface area contributed by atoms with Crippen molar-refractivity contribution in [3.8, 4) is 0 Å². The molecule has 4 rings (SSSR count). The molecule has 0 bridgehead atoms. The molecule has 32 heavy (non-hydrogen) atoms. The van der Waals surface area contributed by atoms with Gasteiger partial charge < -0.3 is 14.9 Å². The van der Waals surface area contributed by atoms with Gasteiger partial charge in [0.1, 0.15) is 11.5 Å². The minimum atomic E-state index is -0.984. The third-order valence-electron chi connectivity index (χ3n) is 6.25. The standard InChI is InChI=1S/C24H32FN5O2/c1-18-14-21(27-23(26-18)29-11-4-3-5-12-29)22(31)30-13-10-24(32,17-30)16-28(2)15-19-6-8-20(25)9-7-19/h6-9,14,32H,3-5,10-13,15-17H2,1-2H3. The Balaban J connectivity index is 1.39. The second-order valence-electron chi connectivity index (χ2n) is 9.24. The molecule has 2 aliphatic rings. The first-order valence-corrected chi connectivity index (χ1v) is 11.4. The van der Waals surface area contributed by atoms with E-state index in [0.717, 1.165) is 37.2 Å². The van der Waals surface area contributed by atoms with Crippen molar-refractivity contribution in [1.82, 2.24) is 19.8 Å². The summed E-state index contributed by atoms with van der Waals surface area (Å²) in [5, 5.41) is 11.1. The van der Waals surface area contributed by atoms with Gasteiger partial charge in [0.25, 0.3) is 5.91 Å². The molecule has 2 aromatic rings. The normalized spacial score (nSPS) is 21.4. The van der Waals surface area contributed by atoms with Crippen molar-refractivity contribution in [3.63, 3.8) is 0 Å². The maximum absolute atomic E-state index is 13.2. The zero-order chi connectivity index (χ0) is 22.7. The van der Waals surface area contributed by atoms with Crippen LogP contribution in [0.15, 0.2) is 30.3 Å². The summed E-state index contributed by atoms with van der Waals surface area (Å²) in [5.74, 6) is 0.204. The van der Waals surface area contributed by atoms with Crippen LogP contribution in [0.25, 0.3) is 0 Å². The quantitative estimate of drug-likeness (QED) is 0.743. The first-order valence-electron chi connectivity index (χ1n) is 11.4. The Labute approximate surface area is 188 Å². The average Bonchev–Trinajstić information content (AvgIpc) is 3.16. The Morgan fingerprint density at radius 3 is 2.59 bits per heavy atom. The molecule has 2 saturated heterocycles. The fourth-order valence-corrected chi connectivity index (χ4v) is 4.68. The highest BCUT2D eigenvalue weighted by Gasteiger charge is 2.39. The van der Waals surface area contributed by atoms with Gasteiger partial charge in [0.2, 0.25) is 5.95 Å². The first-order chi connectivity index (χ1) is 15.3. The van der Waals surface area contributed by atoms with Gasteiger partial charge in [0.05, 0.1) is 12.1 Å². The topological polar surface area (TPSA) is 72.8 Å². The molecule has 0 aliphatic carbocycles. The van der Waals surface area contributed by atoms with Crippen LogP contribution in [-0.4, -0.2) is 76.2 Å². The smallest absolute Gasteiger partial charge is 0.272 e. The largest absolute Gasteiger partial charge is 0.387 e. The number of carbonyl (C=O) groups is 1. The zero-order valence-electron chi connectivity index (χ0n) is 18.9. The van der Waals surface area contributed by atoms with Gasteiger partial charge in [0.15, 0.2) is 0 Å². The molecule has 1 aromatic carbocycles. The highest BCUT2D eigenvalue weighted by molar-refractivity contribution is 5.93. The number of halogens is 1. The third kappa shape index (κ3) is 5.42. The van der Waals surface area contributed by atoms with E-state index in [1.54, 1.807) is 23.1 Å². The Bertz CT molecular complexity index is 948. The van der Waals surface area contributed by atoms with Crippen LogP contribution in [0.5, 0.6) is 0 Å². The van der Waals surface area contributed by atoms with Gasteiger partial charge >= 0.3 is 0 Å². The number of benzene rings is 1. The number of amides is 1. The molecule has 0 spiro atoms. The first kappa shape index (κ1) is 22.6. The molecule has 3 heterocycles. The number of nitrogens with zero attached hydrogens (tertiary/aromatic N) is 5. The summed E-state index contributed by atoms with van der Waals surface area (Å²) in [5.41, 5.74) is 1.16. The van der Waals surface area contributed by atoms with Crippen molar-refractivity contribution in [2.75, 3.05) is 44.7 Å². The fourth-order valence-electron chi connectivity index (χ4n) is 4.68. The molecule has 0 radical (unpaired) electrons. The highest BCUT2D eigenvalue weighted by atomic mass is 19.1. The summed E-state index contributed by atoms with van der Waals surface area (Å²) in [4.78, 5) is 28.1. The molecule has 1 aromatic heterocycles. The minimum absolute atomic E-state index is 0.161. The highest BCUT2D eigenvalue weighted by Crippen LogP contribution is 2.25. The van der Waals surface area contributed by atoms with Crippen molar-refractivity contribution in [1.29, 1.82) is 0 Å². The number of aliphatic hydroxyl groups is 1. The van der Waals surface area contributed by atoms with Crippen LogP contribution in [0.4, 0.5) is 10.3 Å². The summed E-state index contributed by atoms with van der Waals surface area (Å²) in [6, 6.07) is 8.11. The van der Waals surface area contributed by atoms with Crippen LogP contribution >= 0.6 is 0 Å². The van der Waals surface area contributed by atoms with Crippen molar-refractivity contribution >= 4 is 11.9 Å². The molecule has 1 atom stereocenters. The van der Waals surface area contributed by atoms with E-state index in [9.17, 15) is 14.3 Å². The van der Waals surface area contributed by atoms with Crippen LogP contribution in [0.2, 0.25) is 0 Å². The molecule has 2 fully saturated rings. The molecule has 0 saturated carbocycles. The van der Waals surface area contributed by atoms with E-state index in [-0.39, 0.29) is 18.3 Å². The lowest BCUT2D eigenvalue weighted by Crippen LogP contribution is -2.44. The van der Waals surface area contributed by atoms with Crippen LogP contribution in [-0.2, 0) is 6.54 Å².